The summed E-state index contributed by atoms with van der Waals surface area (Å²) in [6, 6.07) is 6.18. The number of nitrogens with zero attached hydrogens (tertiary/aromatic N) is 1. The number of ether oxygens (including phenoxy) is 2. The Kier molecular flexibility index (Phi) is 5.93. The molecule has 20 heavy (non-hydrogen) atoms. The van der Waals surface area contributed by atoms with Crippen LogP contribution in [0.2, 0.25) is 0 Å². The lowest BCUT2D eigenvalue weighted by Crippen LogP contribution is -2.40. The number of primary amides is 1. The Morgan fingerprint density at radius 1 is 1.30 bits per heavy atom. The first-order chi connectivity index (χ1) is 9.43. The van der Waals surface area contributed by atoms with Gasteiger partial charge in [0.15, 0.2) is 0 Å². The Labute approximate surface area is 118 Å². The van der Waals surface area contributed by atoms with Crippen molar-refractivity contribution in [1.82, 2.24) is 4.31 Å². The monoisotopic (exact) mass is 302 g/mol. The maximum Gasteiger partial charge on any atom is 0.247 e. The molecule has 112 valence electrons. The van der Waals surface area contributed by atoms with Gasteiger partial charge in [-0.25, -0.2) is 8.42 Å². The van der Waals surface area contributed by atoms with Crippen LogP contribution in [0.1, 0.15) is 0 Å². The number of carbonyl (C=O) groups excluding carboxylic acids is 1. The summed E-state index contributed by atoms with van der Waals surface area (Å²) in [5, 5.41) is 0. The van der Waals surface area contributed by atoms with Crippen molar-refractivity contribution in [2.75, 3.05) is 33.9 Å². The van der Waals surface area contributed by atoms with E-state index in [9.17, 15) is 13.2 Å². The average molecular weight is 302 g/mol. The van der Waals surface area contributed by atoms with Gasteiger partial charge in [-0.3, -0.25) is 4.79 Å². The third-order valence-corrected chi connectivity index (χ3v) is 4.45. The number of benzene rings is 1. The van der Waals surface area contributed by atoms with Gasteiger partial charge in [-0.05, 0) is 12.1 Å². The minimum Gasteiger partial charge on any atom is -0.495 e. The molecule has 0 spiro atoms. The third-order valence-electron chi connectivity index (χ3n) is 2.56. The second-order valence-electron chi connectivity index (χ2n) is 3.95. The highest BCUT2D eigenvalue weighted by atomic mass is 32.2. The van der Waals surface area contributed by atoms with Crippen molar-refractivity contribution < 1.29 is 22.7 Å². The Morgan fingerprint density at radius 3 is 2.50 bits per heavy atom. The lowest BCUT2D eigenvalue weighted by Gasteiger charge is -2.21. The molecule has 0 aliphatic carbocycles. The van der Waals surface area contributed by atoms with E-state index in [4.69, 9.17) is 15.2 Å². The Balaban J connectivity index is 3.17. The molecule has 0 saturated heterocycles. The zero-order valence-electron chi connectivity index (χ0n) is 11.4. The summed E-state index contributed by atoms with van der Waals surface area (Å²) in [4.78, 5) is 11.0. The van der Waals surface area contributed by atoms with Crippen molar-refractivity contribution in [1.29, 1.82) is 0 Å². The minimum atomic E-state index is -3.88. The fraction of sp³-hybridized carbons (Fsp3) is 0.417. The fourth-order valence-corrected chi connectivity index (χ4v) is 3.17. The smallest absolute Gasteiger partial charge is 0.247 e. The van der Waals surface area contributed by atoms with Crippen LogP contribution in [0.15, 0.2) is 29.2 Å². The van der Waals surface area contributed by atoms with Crippen LogP contribution in [-0.2, 0) is 19.6 Å². The third kappa shape index (κ3) is 3.92. The Bertz CT molecular complexity index is 559. The largest absolute Gasteiger partial charge is 0.495 e. The van der Waals surface area contributed by atoms with Crippen molar-refractivity contribution in [2.24, 2.45) is 5.73 Å². The number of rotatable bonds is 8. The standard InChI is InChI=1S/C12H18N2O5S/c1-18-8-7-14(9-12(13)15)20(16,17)11-6-4-3-5-10(11)19-2/h3-6H,7-9H2,1-2H3,(H2,13,15). The molecule has 1 rings (SSSR count). The molecule has 1 aromatic rings. The zero-order chi connectivity index (χ0) is 15.2. The maximum absolute atomic E-state index is 12.5. The number of sulfonamides is 1. The van der Waals surface area contributed by atoms with Gasteiger partial charge in [-0.15, -0.1) is 0 Å². The first-order valence-electron chi connectivity index (χ1n) is 5.84. The van der Waals surface area contributed by atoms with Crippen molar-refractivity contribution in [2.45, 2.75) is 4.90 Å². The number of amides is 1. The van der Waals surface area contributed by atoms with Gasteiger partial charge in [-0.2, -0.15) is 4.31 Å². The van der Waals surface area contributed by atoms with Crippen LogP contribution in [0.3, 0.4) is 0 Å². The second-order valence-corrected chi connectivity index (χ2v) is 5.85. The molecule has 0 saturated carbocycles. The number of carbonyl (C=O) groups is 1. The predicted molar refractivity (Wildman–Crippen MR) is 72.8 cm³/mol. The summed E-state index contributed by atoms with van der Waals surface area (Å²) in [6.45, 7) is -0.231. The molecular formula is C12H18N2O5S. The van der Waals surface area contributed by atoms with E-state index in [2.05, 4.69) is 0 Å². The second kappa shape index (κ2) is 7.22. The van der Waals surface area contributed by atoms with Crippen LogP contribution in [-0.4, -0.2) is 52.5 Å². The quantitative estimate of drug-likeness (QED) is 0.718. The lowest BCUT2D eigenvalue weighted by atomic mass is 10.3. The molecule has 0 unspecified atom stereocenters. The molecule has 0 heterocycles. The number of para-hydroxylation sites is 1. The van der Waals surface area contributed by atoms with Crippen LogP contribution in [0.25, 0.3) is 0 Å². The van der Waals surface area contributed by atoms with Crippen molar-refractivity contribution in [3.05, 3.63) is 24.3 Å². The molecule has 8 heteroatoms. The van der Waals surface area contributed by atoms with Gasteiger partial charge in [0.25, 0.3) is 0 Å². The minimum absolute atomic E-state index is 0.0140. The Morgan fingerprint density at radius 2 is 1.95 bits per heavy atom. The molecule has 1 aromatic carbocycles. The molecule has 0 radical (unpaired) electrons. The van der Waals surface area contributed by atoms with E-state index in [1.54, 1.807) is 12.1 Å². The highest BCUT2D eigenvalue weighted by Crippen LogP contribution is 2.25. The SMILES string of the molecule is COCCN(CC(N)=O)S(=O)(=O)c1ccccc1OC. The van der Waals surface area contributed by atoms with Crippen LogP contribution in [0.4, 0.5) is 0 Å². The number of nitrogens with two attached hydrogens (primary N) is 1. The summed E-state index contributed by atoms with van der Waals surface area (Å²) >= 11 is 0. The molecule has 0 aromatic heterocycles. The molecule has 0 fully saturated rings. The molecule has 7 nitrogen and oxygen atoms in total. The van der Waals surface area contributed by atoms with E-state index < -0.39 is 22.5 Å². The molecule has 0 bridgehead atoms. The van der Waals surface area contributed by atoms with Crippen molar-refractivity contribution in [3.63, 3.8) is 0 Å². The van der Waals surface area contributed by atoms with E-state index >= 15 is 0 Å². The van der Waals surface area contributed by atoms with Gasteiger partial charge >= 0.3 is 0 Å². The van der Waals surface area contributed by atoms with Gasteiger partial charge in [-0.1, -0.05) is 12.1 Å². The summed E-state index contributed by atoms with van der Waals surface area (Å²) in [6.07, 6.45) is 0. The summed E-state index contributed by atoms with van der Waals surface area (Å²) < 4.78 is 35.9. The van der Waals surface area contributed by atoms with E-state index in [0.29, 0.717) is 0 Å². The van der Waals surface area contributed by atoms with Crippen LogP contribution < -0.4 is 10.5 Å². The number of hydrogen-bond donors (Lipinski definition) is 1. The maximum atomic E-state index is 12.5. The normalized spacial score (nSPS) is 11.6. The number of hydrogen-bond acceptors (Lipinski definition) is 5. The molecule has 1 amide bonds. The van der Waals surface area contributed by atoms with Gasteiger partial charge in [0, 0.05) is 13.7 Å². The van der Waals surface area contributed by atoms with E-state index in [1.807, 2.05) is 0 Å². The van der Waals surface area contributed by atoms with Crippen molar-refractivity contribution >= 4 is 15.9 Å². The highest BCUT2D eigenvalue weighted by molar-refractivity contribution is 7.89. The zero-order valence-corrected chi connectivity index (χ0v) is 12.2. The summed E-state index contributed by atoms with van der Waals surface area (Å²) in [7, 11) is -1.06. The predicted octanol–water partition coefficient (Wildman–Crippen LogP) is -0.182. The van der Waals surface area contributed by atoms with E-state index in [0.717, 1.165) is 4.31 Å². The molecule has 0 aliphatic rings. The molecular weight excluding hydrogens is 284 g/mol. The topological polar surface area (TPSA) is 98.9 Å². The van der Waals surface area contributed by atoms with Crippen molar-refractivity contribution in [3.8, 4) is 5.75 Å². The van der Waals surface area contributed by atoms with Crippen LogP contribution in [0.5, 0.6) is 5.75 Å². The van der Waals surface area contributed by atoms with E-state index in [1.165, 1.54) is 26.4 Å². The Hall–Kier alpha value is -1.64. The van der Waals surface area contributed by atoms with Crippen LogP contribution in [0, 0.1) is 0 Å². The summed E-state index contributed by atoms with van der Waals surface area (Å²) in [5.41, 5.74) is 5.09. The highest BCUT2D eigenvalue weighted by Gasteiger charge is 2.28. The average Bonchev–Trinajstić information content (AvgIpc) is 2.42. The summed E-state index contributed by atoms with van der Waals surface area (Å²) in [5.74, 6) is -0.529. The van der Waals surface area contributed by atoms with Gasteiger partial charge < -0.3 is 15.2 Å². The lowest BCUT2D eigenvalue weighted by molar-refractivity contribution is -0.118. The van der Waals surface area contributed by atoms with Crippen LogP contribution >= 0.6 is 0 Å². The van der Waals surface area contributed by atoms with Gasteiger partial charge in [0.05, 0.1) is 20.3 Å². The molecule has 0 atom stereocenters. The number of methoxy groups -OCH3 is 2. The van der Waals surface area contributed by atoms with Gasteiger partial charge in [0.1, 0.15) is 10.6 Å². The van der Waals surface area contributed by atoms with Gasteiger partial charge in [0.2, 0.25) is 15.9 Å². The first kappa shape index (κ1) is 16.4. The van der Waals surface area contributed by atoms with E-state index in [-0.39, 0.29) is 23.8 Å². The molecule has 0 aliphatic heterocycles. The fourth-order valence-electron chi connectivity index (χ4n) is 1.62. The molecule has 2 N–H and O–H groups in total. The first-order valence-corrected chi connectivity index (χ1v) is 7.28.